The number of nitro groups is 1. The number of halogens is 1. The van der Waals surface area contributed by atoms with E-state index in [1.807, 2.05) is 36.4 Å². The number of anilines is 2. The third-order valence-electron chi connectivity index (χ3n) is 4.09. The van der Waals surface area contributed by atoms with Crippen LogP contribution in [0.1, 0.15) is 5.56 Å². The van der Waals surface area contributed by atoms with Crippen molar-refractivity contribution in [2.24, 2.45) is 0 Å². The quantitative estimate of drug-likeness (QED) is 0.383. The molecule has 0 unspecified atom stereocenters. The Morgan fingerprint density at radius 3 is 2.21 bits per heavy atom. The van der Waals surface area contributed by atoms with E-state index in [0.717, 1.165) is 11.6 Å². The number of rotatable bonds is 5. The smallest absolute Gasteiger partial charge is 0.316 e. The van der Waals surface area contributed by atoms with Crippen LogP contribution in [0.25, 0.3) is 0 Å². The lowest BCUT2D eigenvalue weighted by atomic mass is 10.2. The monoisotopic (exact) mass is 409 g/mol. The fourth-order valence-electron chi connectivity index (χ4n) is 2.69. The maximum absolute atomic E-state index is 12.9. The number of para-hydroxylation sites is 1. The number of amides is 2. The highest BCUT2D eigenvalue weighted by Gasteiger charge is 2.24. The second-order valence-electron chi connectivity index (χ2n) is 6.09. The van der Waals surface area contributed by atoms with Crippen molar-refractivity contribution in [1.29, 1.82) is 0 Å². The van der Waals surface area contributed by atoms with E-state index in [4.69, 9.17) is 11.6 Å². The molecule has 0 aliphatic carbocycles. The summed E-state index contributed by atoms with van der Waals surface area (Å²) in [6.45, 7) is 0.192. The van der Waals surface area contributed by atoms with Crippen LogP contribution in [0.3, 0.4) is 0 Å². The van der Waals surface area contributed by atoms with Crippen LogP contribution in [0, 0.1) is 10.1 Å². The summed E-state index contributed by atoms with van der Waals surface area (Å²) in [5.41, 5.74) is 1.14. The Morgan fingerprint density at radius 2 is 1.59 bits per heavy atom. The first-order valence-electron chi connectivity index (χ1n) is 8.61. The Hall–Kier alpha value is -3.71. The Bertz CT molecular complexity index is 1040. The molecule has 0 aliphatic rings. The molecule has 0 fully saturated rings. The predicted molar refractivity (Wildman–Crippen MR) is 111 cm³/mol. The van der Waals surface area contributed by atoms with Gasteiger partial charge in [0.15, 0.2) is 0 Å². The fraction of sp³-hybridized carbons (Fsp3) is 0.0476. The Morgan fingerprint density at radius 1 is 0.966 bits per heavy atom. The van der Waals surface area contributed by atoms with E-state index in [1.165, 1.54) is 17.0 Å². The van der Waals surface area contributed by atoms with Crippen molar-refractivity contribution in [3.8, 4) is 0 Å². The second kappa shape index (κ2) is 8.99. The zero-order valence-electron chi connectivity index (χ0n) is 15.1. The van der Waals surface area contributed by atoms with E-state index < -0.39 is 16.7 Å². The molecule has 1 N–H and O–H groups in total. The fourth-order valence-corrected chi connectivity index (χ4v) is 2.88. The third-order valence-corrected chi connectivity index (χ3v) is 4.41. The first-order chi connectivity index (χ1) is 14.0. The molecule has 0 aromatic heterocycles. The molecule has 0 saturated heterocycles. The number of benzene rings is 3. The molecule has 0 bridgehead atoms. The number of hydrogen-bond acceptors (Lipinski definition) is 4. The van der Waals surface area contributed by atoms with Gasteiger partial charge in [-0.15, -0.1) is 0 Å². The maximum atomic E-state index is 12.9. The van der Waals surface area contributed by atoms with Crippen molar-refractivity contribution >= 4 is 40.5 Å². The van der Waals surface area contributed by atoms with Crippen molar-refractivity contribution in [2.75, 3.05) is 10.2 Å². The molecule has 7 nitrogen and oxygen atoms in total. The summed E-state index contributed by atoms with van der Waals surface area (Å²) in [5.74, 6) is -1.71. The average molecular weight is 410 g/mol. The number of nitrogens with zero attached hydrogens (tertiary/aromatic N) is 2. The molecular weight excluding hydrogens is 394 g/mol. The molecule has 0 saturated carbocycles. The van der Waals surface area contributed by atoms with Gasteiger partial charge in [0.2, 0.25) is 0 Å². The lowest BCUT2D eigenvalue weighted by molar-refractivity contribution is -0.384. The summed E-state index contributed by atoms with van der Waals surface area (Å²) in [6.07, 6.45) is 0. The number of hydrogen-bond donors (Lipinski definition) is 1. The summed E-state index contributed by atoms with van der Waals surface area (Å²) in [4.78, 5) is 37.2. The number of nitrogens with one attached hydrogen (secondary N) is 1. The SMILES string of the molecule is O=C(Nc1ccc(Cl)c([N+](=O)[O-])c1)C(=O)N(Cc1ccccc1)c1ccccc1. The van der Waals surface area contributed by atoms with E-state index in [9.17, 15) is 19.7 Å². The second-order valence-corrected chi connectivity index (χ2v) is 6.50. The third kappa shape index (κ3) is 4.97. The van der Waals surface area contributed by atoms with Crippen molar-refractivity contribution in [3.63, 3.8) is 0 Å². The number of nitro benzene ring substituents is 1. The highest BCUT2D eigenvalue weighted by Crippen LogP contribution is 2.27. The van der Waals surface area contributed by atoms with Crippen molar-refractivity contribution in [1.82, 2.24) is 0 Å². The van der Waals surface area contributed by atoms with E-state index in [0.29, 0.717) is 5.69 Å². The number of carbonyl (C=O) groups excluding carboxylic acids is 2. The molecule has 0 atom stereocenters. The zero-order chi connectivity index (χ0) is 20.8. The largest absolute Gasteiger partial charge is 0.318 e. The minimum Gasteiger partial charge on any atom is -0.318 e. The Labute approximate surface area is 171 Å². The van der Waals surface area contributed by atoms with Crippen LogP contribution in [-0.4, -0.2) is 16.7 Å². The highest BCUT2D eigenvalue weighted by molar-refractivity contribution is 6.44. The first-order valence-corrected chi connectivity index (χ1v) is 8.99. The van der Waals surface area contributed by atoms with Crippen LogP contribution in [0.4, 0.5) is 17.1 Å². The van der Waals surface area contributed by atoms with Crippen LogP contribution >= 0.6 is 11.6 Å². The van der Waals surface area contributed by atoms with Crippen LogP contribution in [0.2, 0.25) is 5.02 Å². The van der Waals surface area contributed by atoms with Gasteiger partial charge in [0.1, 0.15) is 5.02 Å². The summed E-state index contributed by atoms with van der Waals surface area (Å²) < 4.78 is 0. The molecule has 146 valence electrons. The zero-order valence-corrected chi connectivity index (χ0v) is 15.9. The van der Waals surface area contributed by atoms with Gasteiger partial charge in [-0.2, -0.15) is 0 Å². The summed E-state index contributed by atoms with van der Waals surface area (Å²) >= 11 is 5.78. The van der Waals surface area contributed by atoms with Crippen LogP contribution in [0.5, 0.6) is 0 Å². The minimum atomic E-state index is -0.915. The van der Waals surface area contributed by atoms with Gasteiger partial charge in [-0.1, -0.05) is 60.1 Å². The molecule has 0 heterocycles. The van der Waals surface area contributed by atoms with E-state index in [2.05, 4.69) is 5.32 Å². The molecule has 3 rings (SSSR count). The first kappa shape index (κ1) is 20.0. The average Bonchev–Trinajstić information content (AvgIpc) is 2.74. The Balaban J connectivity index is 1.84. The van der Waals surface area contributed by atoms with Gasteiger partial charge in [-0.25, -0.2) is 0 Å². The summed E-state index contributed by atoms with van der Waals surface area (Å²) in [7, 11) is 0. The molecule has 3 aromatic carbocycles. The van der Waals surface area contributed by atoms with Gasteiger partial charge in [-0.3, -0.25) is 24.6 Å². The topological polar surface area (TPSA) is 92.5 Å². The number of carbonyl (C=O) groups is 2. The van der Waals surface area contributed by atoms with Crippen LogP contribution < -0.4 is 10.2 Å². The van der Waals surface area contributed by atoms with Gasteiger partial charge in [0.25, 0.3) is 5.69 Å². The van der Waals surface area contributed by atoms with Crippen molar-refractivity contribution < 1.29 is 14.5 Å². The molecule has 8 heteroatoms. The molecular formula is C21H16ClN3O4. The molecule has 0 aliphatic heterocycles. The van der Waals surface area contributed by atoms with Gasteiger partial charge in [-0.05, 0) is 29.8 Å². The van der Waals surface area contributed by atoms with Gasteiger partial charge >= 0.3 is 11.8 Å². The van der Waals surface area contributed by atoms with Crippen molar-refractivity contribution in [3.05, 3.63) is 99.6 Å². The lowest BCUT2D eigenvalue weighted by Gasteiger charge is -2.22. The van der Waals surface area contributed by atoms with E-state index >= 15 is 0 Å². The predicted octanol–water partition coefficient (Wildman–Crippen LogP) is 4.42. The standard InChI is InChI=1S/C21H16ClN3O4/c22-18-12-11-16(13-19(18)25(28)29)23-20(26)21(27)24(17-9-5-2-6-10-17)14-15-7-3-1-4-8-15/h1-13H,14H2,(H,23,26). The highest BCUT2D eigenvalue weighted by atomic mass is 35.5. The van der Waals surface area contributed by atoms with E-state index in [1.54, 1.807) is 24.3 Å². The molecule has 3 aromatic rings. The van der Waals surface area contributed by atoms with E-state index in [-0.39, 0.29) is 22.9 Å². The maximum Gasteiger partial charge on any atom is 0.316 e. The molecule has 0 spiro atoms. The molecule has 2 amide bonds. The van der Waals surface area contributed by atoms with Crippen LogP contribution in [0.15, 0.2) is 78.9 Å². The lowest BCUT2D eigenvalue weighted by Crippen LogP contribution is -2.39. The minimum absolute atomic E-state index is 0.0608. The molecule has 0 radical (unpaired) electrons. The Kier molecular flexibility index (Phi) is 6.21. The van der Waals surface area contributed by atoms with Gasteiger partial charge < -0.3 is 5.32 Å². The molecule has 29 heavy (non-hydrogen) atoms. The van der Waals surface area contributed by atoms with Gasteiger partial charge in [0, 0.05) is 17.4 Å². The normalized spacial score (nSPS) is 10.2. The summed E-state index contributed by atoms with van der Waals surface area (Å²) in [5, 5.41) is 13.4. The van der Waals surface area contributed by atoms with Crippen LogP contribution in [-0.2, 0) is 16.1 Å². The van der Waals surface area contributed by atoms with Crippen molar-refractivity contribution in [2.45, 2.75) is 6.54 Å². The summed E-state index contributed by atoms with van der Waals surface area (Å²) in [6, 6.07) is 21.8. The van der Waals surface area contributed by atoms with Gasteiger partial charge in [0.05, 0.1) is 11.5 Å².